The van der Waals surface area contributed by atoms with Crippen LogP contribution in [0.4, 0.5) is 4.79 Å². The molecule has 0 saturated carbocycles. The zero-order valence-corrected chi connectivity index (χ0v) is 12.5. The zero-order chi connectivity index (χ0) is 13.8. The summed E-state index contributed by atoms with van der Waals surface area (Å²) in [5, 5.41) is 13.9. The molecule has 0 radical (unpaired) electrons. The molecule has 2 N–H and O–H groups in total. The summed E-state index contributed by atoms with van der Waals surface area (Å²) >= 11 is 5.65. The lowest BCUT2D eigenvalue weighted by atomic mass is 10.1. The van der Waals surface area contributed by atoms with Crippen molar-refractivity contribution in [2.75, 3.05) is 6.61 Å². The minimum absolute atomic E-state index is 0.130. The van der Waals surface area contributed by atoms with Crippen molar-refractivity contribution in [3.05, 3.63) is 16.6 Å². The number of carbonyl (C=O) groups excluding carboxylic acids is 1. The third kappa shape index (κ3) is 4.47. The molecule has 7 heteroatoms. The summed E-state index contributed by atoms with van der Waals surface area (Å²) in [4.78, 5) is 16.0. The summed E-state index contributed by atoms with van der Waals surface area (Å²) in [6.45, 7) is 5.52. The maximum absolute atomic E-state index is 11.9. The molecule has 0 spiro atoms. The molecule has 18 heavy (non-hydrogen) atoms. The highest BCUT2D eigenvalue weighted by atomic mass is 32.1. The first-order valence-electron chi connectivity index (χ1n) is 5.62. The van der Waals surface area contributed by atoms with Crippen LogP contribution in [0.1, 0.15) is 26.5 Å². The van der Waals surface area contributed by atoms with Crippen LogP contribution >= 0.6 is 24.2 Å². The Morgan fingerprint density at radius 1 is 1.67 bits per heavy atom. The number of nitrogens with zero attached hydrogens (tertiary/aromatic N) is 2. The van der Waals surface area contributed by atoms with E-state index in [4.69, 9.17) is 0 Å². The Kier molecular flexibility index (Phi) is 5.43. The lowest BCUT2D eigenvalue weighted by Gasteiger charge is -2.31. The number of aliphatic hydroxyl groups excluding tert-OH is 1. The molecule has 0 unspecified atom stereocenters. The van der Waals surface area contributed by atoms with Gasteiger partial charge in [0.05, 0.1) is 23.9 Å². The van der Waals surface area contributed by atoms with Crippen LogP contribution in [0.5, 0.6) is 0 Å². The Labute approximate surface area is 117 Å². The van der Waals surface area contributed by atoms with E-state index in [1.54, 1.807) is 5.51 Å². The van der Waals surface area contributed by atoms with Gasteiger partial charge in [-0.05, 0) is 20.8 Å². The molecule has 0 aliphatic heterocycles. The number of rotatable bonds is 4. The number of urea groups is 1. The van der Waals surface area contributed by atoms with Crippen LogP contribution in [0.25, 0.3) is 0 Å². The summed E-state index contributed by atoms with van der Waals surface area (Å²) in [6.07, 6.45) is 0.511. The molecule has 0 saturated heterocycles. The van der Waals surface area contributed by atoms with Crippen LogP contribution in [-0.4, -0.2) is 38.6 Å². The monoisotopic (exact) mass is 289 g/mol. The topological polar surface area (TPSA) is 65.5 Å². The third-order valence-electron chi connectivity index (χ3n) is 2.31. The minimum atomic E-state index is -0.381. The SMILES string of the molecule is CC(C)(C)N(S)C(=O)N[C@@H](CO)Cc1cscn1. The van der Waals surface area contributed by atoms with Crippen molar-refractivity contribution in [3.8, 4) is 0 Å². The van der Waals surface area contributed by atoms with Crippen molar-refractivity contribution in [1.82, 2.24) is 14.6 Å². The quantitative estimate of drug-likeness (QED) is 0.739. The number of aliphatic hydroxyl groups is 1. The molecule has 1 aromatic heterocycles. The Morgan fingerprint density at radius 3 is 2.78 bits per heavy atom. The van der Waals surface area contributed by atoms with Crippen LogP contribution in [0.15, 0.2) is 10.9 Å². The lowest BCUT2D eigenvalue weighted by Crippen LogP contribution is -2.49. The van der Waals surface area contributed by atoms with Crippen LogP contribution in [0.3, 0.4) is 0 Å². The smallest absolute Gasteiger partial charge is 0.328 e. The van der Waals surface area contributed by atoms with Crippen molar-refractivity contribution < 1.29 is 9.90 Å². The van der Waals surface area contributed by atoms with Gasteiger partial charge in [0, 0.05) is 17.3 Å². The fraction of sp³-hybridized carbons (Fsp3) is 0.636. The first-order chi connectivity index (χ1) is 8.34. The number of thiazole rings is 1. The number of carbonyl (C=O) groups is 1. The zero-order valence-electron chi connectivity index (χ0n) is 10.8. The highest BCUT2D eigenvalue weighted by Crippen LogP contribution is 2.15. The van der Waals surface area contributed by atoms with Crippen molar-refractivity contribution >= 4 is 30.2 Å². The number of hydrogen-bond acceptors (Lipinski definition) is 5. The number of amides is 2. The van der Waals surface area contributed by atoms with Gasteiger partial charge < -0.3 is 10.4 Å². The van der Waals surface area contributed by atoms with Gasteiger partial charge in [0.2, 0.25) is 0 Å². The first-order valence-corrected chi connectivity index (χ1v) is 6.96. The van der Waals surface area contributed by atoms with E-state index in [-0.39, 0.29) is 24.2 Å². The number of aromatic nitrogens is 1. The first kappa shape index (κ1) is 15.3. The van der Waals surface area contributed by atoms with Gasteiger partial charge in [-0.15, -0.1) is 11.3 Å². The lowest BCUT2D eigenvalue weighted by molar-refractivity contribution is 0.186. The Hall–Kier alpha value is -0.790. The third-order valence-corrected chi connectivity index (χ3v) is 3.73. The van der Waals surface area contributed by atoms with Crippen LogP contribution in [-0.2, 0) is 6.42 Å². The van der Waals surface area contributed by atoms with Gasteiger partial charge in [0.15, 0.2) is 0 Å². The van der Waals surface area contributed by atoms with Crippen LogP contribution in [0.2, 0.25) is 0 Å². The van der Waals surface area contributed by atoms with E-state index < -0.39 is 0 Å². The molecule has 0 aromatic carbocycles. The average molecular weight is 289 g/mol. The summed E-state index contributed by atoms with van der Waals surface area (Å²) in [7, 11) is 0. The Bertz CT molecular complexity index is 376. The average Bonchev–Trinajstić information content (AvgIpc) is 2.78. The summed E-state index contributed by atoms with van der Waals surface area (Å²) in [5.74, 6) is 0. The predicted octanol–water partition coefficient (Wildman–Crippen LogP) is 1.70. The van der Waals surface area contributed by atoms with Gasteiger partial charge in [-0.1, -0.05) is 12.8 Å². The van der Waals surface area contributed by atoms with E-state index in [9.17, 15) is 9.90 Å². The molecule has 0 bridgehead atoms. The summed E-state index contributed by atoms with van der Waals surface area (Å²) < 4.78 is 1.32. The summed E-state index contributed by atoms with van der Waals surface area (Å²) in [5.41, 5.74) is 2.21. The normalized spacial score (nSPS) is 13.2. The molecule has 1 aromatic rings. The van der Waals surface area contributed by atoms with Gasteiger partial charge >= 0.3 is 6.03 Å². The number of nitrogens with one attached hydrogen (secondary N) is 1. The van der Waals surface area contributed by atoms with Gasteiger partial charge in [-0.25, -0.2) is 9.78 Å². The van der Waals surface area contributed by atoms with E-state index >= 15 is 0 Å². The molecular weight excluding hydrogens is 270 g/mol. The van der Waals surface area contributed by atoms with E-state index in [0.29, 0.717) is 6.42 Å². The molecule has 1 rings (SSSR count). The van der Waals surface area contributed by atoms with Gasteiger partial charge in [-0.3, -0.25) is 4.31 Å². The molecule has 1 atom stereocenters. The highest BCUT2D eigenvalue weighted by molar-refractivity contribution is 7.78. The van der Waals surface area contributed by atoms with E-state index in [2.05, 4.69) is 23.1 Å². The van der Waals surface area contributed by atoms with E-state index in [1.165, 1.54) is 15.6 Å². The number of hydrogen-bond donors (Lipinski definition) is 3. The highest BCUT2D eigenvalue weighted by Gasteiger charge is 2.25. The molecule has 0 aliphatic carbocycles. The molecule has 2 amide bonds. The van der Waals surface area contributed by atoms with Crippen LogP contribution in [0, 0.1) is 0 Å². The largest absolute Gasteiger partial charge is 0.394 e. The van der Waals surface area contributed by atoms with Gasteiger partial charge in [0.25, 0.3) is 0 Å². The maximum atomic E-state index is 11.9. The molecule has 5 nitrogen and oxygen atoms in total. The minimum Gasteiger partial charge on any atom is -0.394 e. The second-order valence-corrected chi connectivity index (χ2v) is 6.11. The van der Waals surface area contributed by atoms with Crippen LogP contribution < -0.4 is 5.32 Å². The van der Waals surface area contributed by atoms with E-state index in [0.717, 1.165) is 5.69 Å². The molecule has 102 valence electrons. The Balaban J connectivity index is 2.55. The van der Waals surface area contributed by atoms with Crippen molar-refractivity contribution in [3.63, 3.8) is 0 Å². The van der Waals surface area contributed by atoms with E-state index in [1.807, 2.05) is 26.2 Å². The molecule has 1 heterocycles. The fourth-order valence-corrected chi connectivity index (χ4v) is 1.92. The fourth-order valence-electron chi connectivity index (χ4n) is 1.29. The Morgan fingerprint density at radius 2 is 2.33 bits per heavy atom. The van der Waals surface area contributed by atoms with Gasteiger partial charge in [-0.2, -0.15) is 0 Å². The van der Waals surface area contributed by atoms with Crippen molar-refractivity contribution in [1.29, 1.82) is 0 Å². The molecular formula is C11H19N3O2S2. The van der Waals surface area contributed by atoms with Gasteiger partial charge in [0.1, 0.15) is 0 Å². The second-order valence-electron chi connectivity index (χ2n) is 5.00. The second kappa shape index (κ2) is 6.40. The molecule has 0 aliphatic rings. The standard InChI is InChI=1S/C11H19N3O2S2/c1-11(2,3)14(17)10(16)13-8(5-15)4-9-6-18-7-12-9/h6-8,15,17H,4-5H2,1-3H3,(H,13,16)/t8-/m1/s1. The van der Waals surface area contributed by atoms with Crippen molar-refractivity contribution in [2.45, 2.75) is 38.8 Å². The molecule has 0 fully saturated rings. The maximum Gasteiger partial charge on any atom is 0.328 e. The summed E-state index contributed by atoms with van der Waals surface area (Å²) in [6, 6.07) is -0.670. The predicted molar refractivity (Wildman–Crippen MR) is 75.8 cm³/mol. The number of thiol groups is 1. The van der Waals surface area contributed by atoms with Crippen molar-refractivity contribution in [2.24, 2.45) is 0 Å².